The van der Waals surface area contributed by atoms with Crippen LogP contribution in [0.1, 0.15) is 433 Å². The Morgan fingerprint density at radius 3 is 0.680 bits per heavy atom. The Kier molecular flexibility index (Phi) is 72.5. The highest BCUT2D eigenvalue weighted by atomic mass is 31.2. The first kappa shape index (κ1) is 98.1. The summed E-state index contributed by atoms with van der Waals surface area (Å²) in [7, 11) is -9.92. The van der Waals surface area contributed by atoms with Gasteiger partial charge in [-0.2, -0.15) is 0 Å². The van der Waals surface area contributed by atoms with Crippen molar-refractivity contribution >= 4 is 39.5 Å². The number of aliphatic hydroxyl groups excluding tert-OH is 1. The van der Waals surface area contributed by atoms with Crippen LogP contribution in [0.25, 0.3) is 0 Å². The molecule has 0 fully saturated rings. The Morgan fingerprint density at radius 1 is 0.270 bits per heavy atom. The van der Waals surface area contributed by atoms with Gasteiger partial charge < -0.3 is 33.8 Å². The maximum atomic E-state index is 13.1. The SMILES string of the molecule is CCCCCCCCCCCCCCCCCCC(=O)OC[C@H](COP(=O)(O)OC[C@@H](O)COP(=O)(O)OC[C@@H](COC(=O)CCCCCCCCCCCCCCC)OC(=O)CCCCCCCCCCCCCCC)OC(=O)CCCCCCCCCCCCCCCCCC(C)C. The number of esters is 4. The molecule has 0 rings (SSSR count). The lowest BCUT2D eigenvalue weighted by Crippen LogP contribution is -2.30. The number of phosphoric acid groups is 2. The average molecular weight is 1470 g/mol. The highest BCUT2D eigenvalue weighted by Crippen LogP contribution is 2.45. The van der Waals surface area contributed by atoms with Crippen LogP contribution >= 0.6 is 15.6 Å². The van der Waals surface area contributed by atoms with Gasteiger partial charge in [0, 0.05) is 25.7 Å². The molecule has 0 heterocycles. The third-order valence-electron chi connectivity index (χ3n) is 19.0. The van der Waals surface area contributed by atoms with Crippen molar-refractivity contribution in [2.75, 3.05) is 39.6 Å². The van der Waals surface area contributed by atoms with Gasteiger partial charge in [-0.05, 0) is 31.6 Å². The van der Waals surface area contributed by atoms with Crippen LogP contribution in [0.3, 0.4) is 0 Å². The molecule has 0 aromatic carbocycles. The number of hydrogen-bond donors (Lipinski definition) is 3. The van der Waals surface area contributed by atoms with Crippen LogP contribution in [0.4, 0.5) is 0 Å². The second-order valence-electron chi connectivity index (χ2n) is 29.6. The summed E-state index contributed by atoms with van der Waals surface area (Å²) in [6, 6.07) is 0. The predicted octanol–water partition coefficient (Wildman–Crippen LogP) is 24.4. The molecule has 0 bridgehead atoms. The number of phosphoric ester groups is 2. The van der Waals surface area contributed by atoms with Gasteiger partial charge >= 0.3 is 39.5 Å². The Balaban J connectivity index is 5.26. The summed E-state index contributed by atoms with van der Waals surface area (Å²) in [6.45, 7) is 7.37. The van der Waals surface area contributed by atoms with Gasteiger partial charge in [0.25, 0.3) is 0 Å². The normalized spacial score (nSPS) is 13.8. The van der Waals surface area contributed by atoms with Crippen molar-refractivity contribution in [2.45, 2.75) is 451 Å². The van der Waals surface area contributed by atoms with E-state index in [1.807, 2.05) is 0 Å². The third kappa shape index (κ3) is 74.3. The Labute approximate surface area is 613 Å². The lowest BCUT2D eigenvalue weighted by molar-refractivity contribution is -0.161. The highest BCUT2D eigenvalue weighted by molar-refractivity contribution is 7.47. The lowest BCUT2D eigenvalue weighted by Gasteiger charge is -2.21. The minimum absolute atomic E-state index is 0.108. The molecule has 100 heavy (non-hydrogen) atoms. The van der Waals surface area contributed by atoms with Gasteiger partial charge in [-0.3, -0.25) is 37.3 Å². The molecule has 3 N–H and O–H groups in total. The van der Waals surface area contributed by atoms with Crippen LogP contribution in [0, 0.1) is 5.92 Å². The predicted molar refractivity (Wildman–Crippen MR) is 409 cm³/mol. The van der Waals surface area contributed by atoms with Gasteiger partial charge in [0.1, 0.15) is 19.3 Å². The minimum Gasteiger partial charge on any atom is -0.462 e. The molecule has 0 saturated heterocycles. The van der Waals surface area contributed by atoms with Crippen molar-refractivity contribution < 1.29 is 80.2 Å². The van der Waals surface area contributed by atoms with E-state index in [1.54, 1.807) is 0 Å². The van der Waals surface area contributed by atoms with Gasteiger partial charge in [-0.25, -0.2) is 9.13 Å². The second-order valence-corrected chi connectivity index (χ2v) is 32.5. The number of hydrogen-bond acceptors (Lipinski definition) is 15. The van der Waals surface area contributed by atoms with Crippen molar-refractivity contribution in [3.8, 4) is 0 Å². The number of aliphatic hydroxyl groups is 1. The van der Waals surface area contributed by atoms with Crippen molar-refractivity contribution in [3.05, 3.63) is 0 Å². The molecule has 0 aliphatic heterocycles. The number of carbonyl (C=O) groups excluding carboxylic acids is 4. The third-order valence-corrected chi connectivity index (χ3v) is 20.9. The highest BCUT2D eigenvalue weighted by Gasteiger charge is 2.30. The average Bonchev–Trinajstić information content (AvgIpc) is 0.928. The molecule has 0 spiro atoms. The fourth-order valence-electron chi connectivity index (χ4n) is 12.6. The smallest absolute Gasteiger partial charge is 0.462 e. The fraction of sp³-hybridized carbons (Fsp3) is 0.951. The Hall–Kier alpha value is -1.94. The van der Waals surface area contributed by atoms with Crippen molar-refractivity contribution in [2.24, 2.45) is 5.92 Å². The van der Waals surface area contributed by atoms with Gasteiger partial charge in [0.2, 0.25) is 0 Å². The van der Waals surface area contributed by atoms with Crippen LogP contribution in [-0.4, -0.2) is 96.7 Å². The van der Waals surface area contributed by atoms with Crippen LogP contribution < -0.4 is 0 Å². The number of unbranched alkanes of at least 4 members (excludes halogenated alkanes) is 53. The fourth-order valence-corrected chi connectivity index (χ4v) is 14.2. The molecular formula is C81H158O17P2. The molecule has 0 saturated carbocycles. The number of rotatable bonds is 81. The maximum absolute atomic E-state index is 13.1. The molecule has 17 nitrogen and oxygen atoms in total. The summed E-state index contributed by atoms with van der Waals surface area (Å²) in [5.41, 5.74) is 0. The summed E-state index contributed by atoms with van der Waals surface area (Å²) in [4.78, 5) is 73.1. The van der Waals surface area contributed by atoms with Gasteiger partial charge in [-0.1, -0.05) is 381 Å². The second kappa shape index (κ2) is 73.9. The first-order valence-electron chi connectivity index (χ1n) is 42.1. The van der Waals surface area contributed by atoms with Crippen LogP contribution in [-0.2, 0) is 65.4 Å². The first-order valence-corrected chi connectivity index (χ1v) is 45.1. The van der Waals surface area contributed by atoms with E-state index in [2.05, 4.69) is 34.6 Å². The summed E-state index contributed by atoms with van der Waals surface area (Å²) in [6.07, 6.45) is 65.0. The van der Waals surface area contributed by atoms with E-state index >= 15 is 0 Å². The molecule has 0 radical (unpaired) electrons. The molecule has 0 aliphatic rings. The lowest BCUT2D eigenvalue weighted by atomic mass is 10.0. The Bertz CT molecular complexity index is 1910. The number of ether oxygens (including phenoxy) is 4. The summed E-state index contributed by atoms with van der Waals surface area (Å²) in [5.74, 6) is -1.30. The maximum Gasteiger partial charge on any atom is 0.472 e. The zero-order chi connectivity index (χ0) is 73.4. The molecule has 19 heteroatoms. The largest absolute Gasteiger partial charge is 0.472 e. The standard InChI is InChI=1S/C81H158O17P2/c1-6-9-12-15-18-21-24-27-28-31-36-40-45-50-55-60-65-79(84)92-71-77(98-81(86)67-62-57-52-47-42-37-32-29-30-35-38-43-48-53-58-63-74(4)5)73-96-100(89,90)94-69-75(82)68-93-99(87,88)95-72-76(97-80(85)66-61-56-51-46-41-34-26-23-20-17-14-11-8-3)70-91-78(83)64-59-54-49-44-39-33-25-22-19-16-13-10-7-2/h74-77,82H,6-73H2,1-5H3,(H,87,88)(H,89,90)/t75-,76+,77+/m0/s1. The molecule has 594 valence electrons. The van der Waals surface area contributed by atoms with Gasteiger partial charge in [0.15, 0.2) is 12.2 Å². The summed E-state index contributed by atoms with van der Waals surface area (Å²) < 4.78 is 68.8. The summed E-state index contributed by atoms with van der Waals surface area (Å²) >= 11 is 0. The zero-order valence-electron chi connectivity index (χ0n) is 65.3. The molecule has 0 amide bonds. The quantitative estimate of drug-likeness (QED) is 0.0222. The number of carbonyl (C=O) groups is 4. The van der Waals surface area contributed by atoms with E-state index < -0.39 is 97.5 Å². The minimum atomic E-state index is -4.96. The van der Waals surface area contributed by atoms with Crippen LogP contribution in [0.5, 0.6) is 0 Å². The van der Waals surface area contributed by atoms with Crippen LogP contribution in [0.15, 0.2) is 0 Å². The summed E-state index contributed by atoms with van der Waals surface area (Å²) in [5, 5.41) is 10.6. The Morgan fingerprint density at radius 2 is 0.460 bits per heavy atom. The van der Waals surface area contributed by atoms with Crippen molar-refractivity contribution in [3.63, 3.8) is 0 Å². The van der Waals surface area contributed by atoms with Crippen LogP contribution in [0.2, 0.25) is 0 Å². The molecule has 0 aromatic rings. The van der Waals surface area contributed by atoms with E-state index in [0.29, 0.717) is 25.7 Å². The zero-order valence-corrected chi connectivity index (χ0v) is 67.1. The van der Waals surface area contributed by atoms with E-state index in [1.165, 1.54) is 257 Å². The molecular weight excluding hydrogens is 1310 g/mol. The van der Waals surface area contributed by atoms with E-state index in [0.717, 1.165) is 95.8 Å². The van der Waals surface area contributed by atoms with E-state index in [4.69, 9.17) is 37.0 Å². The topological polar surface area (TPSA) is 237 Å². The first-order chi connectivity index (χ1) is 48.5. The van der Waals surface area contributed by atoms with Crippen molar-refractivity contribution in [1.29, 1.82) is 0 Å². The van der Waals surface area contributed by atoms with Gasteiger partial charge in [-0.15, -0.1) is 0 Å². The molecule has 0 aromatic heterocycles. The molecule has 0 aliphatic carbocycles. The monoisotopic (exact) mass is 1470 g/mol. The van der Waals surface area contributed by atoms with E-state index in [-0.39, 0.29) is 25.7 Å². The molecule has 2 unspecified atom stereocenters. The molecule has 5 atom stereocenters. The van der Waals surface area contributed by atoms with Gasteiger partial charge in [0.05, 0.1) is 26.4 Å². The van der Waals surface area contributed by atoms with Crippen molar-refractivity contribution in [1.82, 2.24) is 0 Å². The van der Waals surface area contributed by atoms with E-state index in [9.17, 15) is 43.2 Å².